The quantitative estimate of drug-likeness (QED) is 0.402. The van der Waals surface area contributed by atoms with Gasteiger partial charge >= 0.3 is 5.97 Å². The van der Waals surface area contributed by atoms with Gasteiger partial charge in [0.05, 0.1) is 18.2 Å². The van der Waals surface area contributed by atoms with E-state index in [0.29, 0.717) is 19.8 Å². The number of anilines is 1. The smallest absolute Gasteiger partial charge is 0.310 e. The molecule has 0 amide bonds. The summed E-state index contributed by atoms with van der Waals surface area (Å²) in [5.41, 5.74) is 9.90. The van der Waals surface area contributed by atoms with Crippen molar-refractivity contribution in [3.05, 3.63) is 63.0 Å². The maximum atomic E-state index is 12.3. The molecule has 0 saturated carbocycles. The van der Waals surface area contributed by atoms with Gasteiger partial charge in [0.1, 0.15) is 12.4 Å². The topological polar surface area (TPSA) is 63.7 Å². The third-order valence-electron chi connectivity index (χ3n) is 7.68. The minimum Gasteiger partial charge on any atom is -0.488 e. The zero-order valence-electron chi connectivity index (χ0n) is 22.4. The van der Waals surface area contributed by atoms with E-state index in [-0.39, 0.29) is 11.9 Å². The van der Waals surface area contributed by atoms with Crippen LogP contribution in [0.3, 0.4) is 0 Å². The monoisotopic (exact) mass is 519 g/mol. The fourth-order valence-corrected chi connectivity index (χ4v) is 6.47. The summed E-state index contributed by atoms with van der Waals surface area (Å²) in [4.78, 5) is 19.5. The number of thiazole rings is 1. The van der Waals surface area contributed by atoms with E-state index in [9.17, 15) is 4.79 Å². The molecule has 1 unspecified atom stereocenters. The largest absolute Gasteiger partial charge is 0.488 e. The first kappa shape index (κ1) is 25.7. The van der Waals surface area contributed by atoms with E-state index >= 15 is 0 Å². The van der Waals surface area contributed by atoms with E-state index in [2.05, 4.69) is 60.6 Å². The molecule has 1 fully saturated rings. The van der Waals surface area contributed by atoms with Crippen LogP contribution in [0.15, 0.2) is 29.6 Å². The van der Waals surface area contributed by atoms with Crippen molar-refractivity contribution in [2.24, 2.45) is 5.92 Å². The number of para-hydroxylation sites is 1. The van der Waals surface area contributed by atoms with Gasteiger partial charge in [-0.2, -0.15) is 0 Å². The maximum Gasteiger partial charge on any atom is 0.310 e. The van der Waals surface area contributed by atoms with Gasteiger partial charge < -0.3 is 19.7 Å². The highest BCUT2D eigenvalue weighted by Crippen LogP contribution is 2.37. The Labute approximate surface area is 224 Å². The molecule has 0 radical (unpaired) electrons. The molecule has 1 atom stereocenters. The van der Waals surface area contributed by atoms with Gasteiger partial charge in [0.2, 0.25) is 0 Å². The van der Waals surface area contributed by atoms with Crippen molar-refractivity contribution >= 4 is 22.4 Å². The van der Waals surface area contributed by atoms with Crippen LogP contribution in [0.1, 0.15) is 53.1 Å². The van der Waals surface area contributed by atoms with Gasteiger partial charge in [-0.15, -0.1) is 11.3 Å². The van der Waals surface area contributed by atoms with E-state index in [1.165, 1.54) is 27.8 Å². The average Bonchev–Trinajstić information content (AvgIpc) is 3.41. The van der Waals surface area contributed by atoms with Gasteiger partial charge in [-0.05, 0) is 92.9 Å². The Morgan fingerprint density at radius 2 is 2.08 bits per heavy atom. The van der Waals surface area contributed by atoms with Crippen LogP contribution in [-0.4, -0.2) is 37.2 Å². The third kappa shape index (κ3) is 5.39. The summed E-state index contributed by atoms with van der Waals surface area (Å²) in [7, 11) is 0. The molecule has 7 heteroatoms. The van der Waals surface area contributed by atoms with Crippen molar-refractivity contribution in [3.8, 4) is 17.0 Å². The average molecular weight is 520 g/mol. The lowest BCUT2D eigenvalue weighted by molar-refractivity contribution is -0.148. The number of nitrogens with zero attached hydrogens (tertiary/aromatic N) is 2. The van der Waals surface area contributed by atoms with Crippen LogP contribution in [0.2, 0.25) is 0 Å². The first-order valence-corrected chi connectivity index (χ1v) is 14.3. The number of fused-ring (bicyclic) bond motifs is 1. The van der Waals surface area contributed by atoms with E-state index in [0.717, 1.165) is 66.6 Å². The molecule has 1 saturated heterocycles. The number of piperidine rings is 1. The highest BCUT2D eigenvalue weighted by molar-refractivity contribution is 7.14. The molecular formula is C30H37N3O3S. The first-order valence-electron chi connectivity index (χ1n) is 13.4. The highest BCUT2D eigenvalue weighted by Gasteiger charge is 2.28. The molecule has 5 rings (SSSR count). The highest BCUT2D eigenvalue weighted by atomic mass is 32.1. The van der Waals surface area contributed by atoms with Gasteiger partial charge in [0.25, 0.3) is 0 Å². The van der Waals surface area contributed by atoms with Crippen molar-refractivity contribution in [1.82, 2.24) is 10.3 Å². The predicted octanol–water partition coefficient (Wildman–Crippen LogP) is 5.74. The number of carbonyl (C=O) groups excluding carboxylic acids is 1. The predicted molar refractivity (Wildman–Crippen MR) is 150 cm³/mol. The molecule has 6 nitrogen and oxygen atoms in total. The van der Waals surface area contributed by atoms with Gasteiger partial charge in [-0.25, -0.2) is 4.98 Å². The number of carbonyl (C=O) groups is 1. The van der Waals surface area contributed by atoms with E-state index in [1.807, 2.05) is 6.92 Å². The molecule has 196 valence electrons. The van der Waals surface area contributed by atoms with Crippen LogP contribution in [0.4, 0.5) is 5.13 Å². The van der Waals surface area contributed by atoms with Crippen LogP contribution in [0.25, 0.3) is 11.3 Å². The second-order valence-electron chi connectivity index (χ2n) is 10.2. The Morgan fingerprint density at radius 3 is 2.92 bits per heavy atom. The van der Waals surface area contributed by atoms with Crippen LogP contribution in [0, 0.1) is 26.7 Å². The van der Waals surface area contributed by atoms with Gasteiger partial charge in [-0.3, -0.25) is 4.79 Å². The van der Waals surface area contributed by atoms with Gasteiger partial charge in [-0.1, -0.05) is 18.2 Å². The molecule has 0 aliphatic carbocycles. The lowest BCUT2D eigenvalue weighted by atomic mass is 9.89. The minimum absolute atomic E-state index is 0.0852. The molecule has 0 bridgehead atoms. The molecule has 37 heavy (non-hydrogen) atoms. The molecule has 2 aliphatic heterocycles. The maximum absolute atomic E-state index is 12.3. The van der Waals surface area contributed by atoms with Crippen LogP contribution in [-0.2, 0) is 29.1 Å². The summed E-state index contributed by atoms with van der Waals surface area (Å²) in [5.74, 6) is 0.708. The summed E-state index contributed by atoms with van der Waals surface area (Å²) in [6, 6.07) is 8.54. The fourth-order valence-electron chi connectivity index (χ4n) is 5.61. The molecule has 2 aromatic carbocycles. The number of aromatic nitrogens is 1. The van der Waals surface area contributed by atoms with Crippen LogP contribution >= 0.6 is 11.3 Å². The Kier molecular flexibility index (Phi) is 7.81. The SMILES string of the molecule is CCOC(=O)C1CCCN(c2nc(-c3cccc(C)c3OCc3cc(C)c4c(c3C)CCNC4)cs2)C1. The van der Waals surface area contributed by atoms with Crippen molar-refractivity contribution in [2.75, 3.05) is 31.1 Å². The summed E-state index contributed by atoms with van der Waals surface area (Å²) in [6.07, 6.45) is 2.91. The van der Waals surface area contributed by atoms with Crippen LogP contribution in [0.5, 0.6) is 5.75 Å². The van der Waals surface area contributed by atoms with Crippen molar-refractivity contribution < 1.29 is 14.3 Å². The van der Waals surface area contributed by atoms with Crippen LogP contribution < -0.4 is 15.0 Å². The number of hydrogen-bond donors (Lipinski definition) is 1. The summed E-state index contributed by atoms with van der Waals surface area (Å²) in [5, 5.41) is 6.55. The molecule has 3 heterocycles. The second kappa shape index (κ2) is 11.2. The molecule has 2 aliphatic rings. The number of rotatable bonds is 7. The Morgan fingerprint density at radius 1 is 1.22 bits per heavy atom. The summed E-state index contributed by atoms with van der Waals surface area (Å²) >= 11 is 1.63. The number of ether oxygens (including phenoxy) is 2. The zero-order valence-corrected chi connectivity index (χ0v) is 23.2. The molecule has 3 aromatic rings. The van der Waals surface area contributed by atoms with Crippen molar-refractivity contribution in [3.63, 3.8) is 0 Å². The third-order valence-corrected chi connectivity index (χ3v) is 8.58. The number of esters is 1. The normalized spacial score (nSPS) is 17.4. The van der Waals surface area contributed by atoms with Crippen molar-refractivity contribution in [1.29, 1.82) is 0 Å². The number of hydrogen-bond acceptors (Lipinski definition) is 7. The van der Waals surface area contributed by atoms with E-state index < -0.39 is 0 Å². The summed E-state index contributed by atoms with van der Waals surface area (Å²) in [6.45, 7) is 12.9. The zero-order chi connectivity index (χ0) is 25.9. The molecule has 1 N–H and O–H groups in total. The first-order chi connectivity index (χ1) is 18.0. The lowest BCUT2D eigenvalue weighted by Gasteiger charge is -2.31. The Hall–Kier alpha value is -2.90. The summed E-state index contributed by atoms with van der Waals surface area (Å²) < 4.78 is 11.8. The second-order valence-corrected chi connectivity index (χ2v) is 11.0. The van der Waals surface area contributed by atoms with Crippen molar-refractivity contribution in [2.45, 2.75) is 60.1 Å². The molecular weight excluding hydrogens is 482 g/mol. The minimum atomic E-state index is -0.0951. The van der Waals surface area contributed by atoms with E-state index in [1.54, 1.807) is 11.3 Å². The Balaban J connectivity index is 1.36. The standard InChI is InChI=1S/C30H37N3O3S/c1-5-35-29(34)22-9-7-13-33(16-22)30-32-27(18-37-30)25-10-6-8-19(2)28(25)36-17-23-14-20(3)26-15-31-12-11-24(26)21(23)4/h6,8,10,14,18,22,31H,5,7,9,11-13,15-17H2,1-4H3. The lowest BCUT2D eigenvalue weighted by Crippen LogP contribution is -2.39. The number of aryl methyl sites for hydroxylation is 2. The van der Waals surface area contributed by atoms with Gasteiger partial charge in [0, 0.05) is 30.6 Å². The Bertz CT molecular complexity index is 1290. The molecule has 0 spiro atoms. The van der Waals surface area contributed by atoms with Gasteiger partial charge in [0.15, 0.2) is 5.13 Å². The fraction of sp³-hybridized carbons (Fsp3) is 0.467. The van der Waals surface area contributed by atoms with E-state index in [4.69, 9.17) is 14.5 Å². The molecule has 1 aromatic heterocycles. The number of benzene rings is 2. The number of nitrogens with one attached hydrogen (secondary N) is 1.